The number of aryl methyl sites for hydroxylation is 3. The Labute approximate surface area is 167 Å². The summed E-state index contributed by atoms with van der Waals surface area (Å²) in [7, 11) is 1.89. The summed E-state index contributed by atoms with van der Waals surface area (Å²) >= 11 is 1.50. The molecule has 146 valence electrons. The van der Waals surface area contributed by atoms with E-state index in [4.69, 9.17) is 0 Å². The number of hydrogen-bond donors (Lipinski definition) is 1. The number of carbonyl (C=O) groups is 2. The number of carbonyl (C=O) groups excluding carboxylic acids is 2. The second-order valence-electron chi connectivity index (χ2n) is 7.29. The van der Waals surface area contributed by atoms with Crippen molar-refractivity contribution in [3.05, 3.63) is 41.7 Å². The third-order valence-corrected chi connectivity index (χ3v) is 6.00. The molecule has 0 saturated carbocycles. The van der Waals surface area contributed by atoms with Crippen molar-refractivity contribution in [1.29, 1.82) is 0 Å². The van der Waals surface area contributed by atoms with E-state index in [-0.39, 0.29) is 24.2 Å². The van der Waals surface area contributed by atoms with Crippen LogP contribution in [0.15, 0.2) is 30.6 Å². The molecule has 1 aliphatic heterocycles. The van der Waals surface area contributed by atoms with Gasteiger partial charge >= 0.3 is 0 Å². The van der Waals surface area contributed by atoms with Gasteiger partial charge in [-0.15, -0.1) is 0 Å². The number of nitrogens with zero attached hydrogens (tertiary/aromatic N) is 4. The van der Waals surface area contributed by atoms with Crippen LogP contribution in [-0.4, -0.2) is 39.7 Å². The smallest absolute Gasteiger partial charge is 0.229 e. The van der Waals surface area contributed by atoms with E-state index < -0.39 is 0 Å². The van der Waals surface area contributed by atoms with Crippen LogP contribution in [0.2, 0.25) is 0 Å². The van der Waals surface area contributed by atoms with E-state index >= 15 is 0 Å². The van der Waals surface area contributed by atoms with Gasteiger partial charge < -0.3 is 5.32 Å². The zero-order chi connectivity index (χ0) is 19.7. The van der Waals surface area contributed by atoms with Crippen LogP contribution in [0.5, 0.6) is 0 Å². The molecule has 7 nitrogen and oxygen atoms in total. The summed E-state index contributed by atoms with van der Waals surface area (Å²) in [6.07, 6.45) is 5.78. The van der Waals surface area contributed by atoms with E-state index in [1.165, 1.54) is 16.9 Å². The van der Waals surface area contributed by atoms with Gasteiger partial charge in [-0.1, -0.05) is 17.4 Å². The lowest BCUT2D eigenvalue weighted by atomic mass is 10.1. The van der Waals surface area contributed by atoms with Crippen LogP contribution in [0.1, 0.15) is 24.0 Å². The molecule has 1 aliphatic rings. The Bertz CT molecular complexity index is 1020. The molecular formula is C20H23N5O2S. The van der Waals surface area contributed by atoms with Gasteiger partial charge in [-0.05, 0) is 43.0 Å². The van der Waals surface area contributed by atoms with E-state index in [2.05, 4.69) is 21.5 Å². The van der Waals surface area contributed by atoms with Crippen LogP contribution in [0.4, 0.5) is 5.13 Å². The van der Waals surface area contributed by atoms with Gasteiger partial charge in [0.15, 0.2) is 5.13 Å². The summed E-state index contributed by atoms with van der Waals surface area (Å²) in [5, 5.41) is 7.79. The zero-order valence-electron chi connectivity index (χ0n) is 16.0. The molecule has 0 aliphatic carbocycles. The van der Waals surface area contributed by atoms with Gasteiger partial charge in [0.25, 0.3) is 0 Å². The Morgan fingerprint density at radius 3 is 3.04 bits per heavy atom. The van der Waals surface area contributed by atoms with E-state index in [1.54, 1.807) is 9.58 Å². The number of nitrogens with one attached hydrogen (secondary N) is 1. The van der Waals surface area contributed by atoms with E-state index in [0.29, 0.717) is 18.2 Å². The molecule has 0 bridgehead atoms. The van der Waals surface area contributed by atoms with Gasteiger partial charge in [-0.25, -0.2) is 4.98 Å². The van der Waals surface area contributed by atoms with Crippen LogP contribution in [-0.2, 0) is 23.1 Å². The molecule has 4 rings (SSSR count). The first-order valence-corrected chi connectivity index (χ1v) is 10.2. The van der Waals surface area contributed by atoms with Gasteiger partial charge in [-0.2, -0.15) is 5.10 Å². The number of rotatable bonds is 6. The van der Waals surface area contributed by atoms with Crippen LogP contribution in [0.3, 0.4) is 0 Å². The minimum Gasteiger partial charge on any atom is -0.356 e. The number of amides is 2. The maximum absolute atomic E-state index is 12.5. The third-order valence-electron chi connectivity index (χ3n) is 4.96. The lowest BCUT2D eigenvalue weighted by Crippen LogP contribution is -2.33. The molecule has 1 atom stereocenters. The van der Waals surface area contributed by atoms with Gasteiger partial charge in [0.05, 0.1) is 22.3 Å². The highest BCUT2D eigenvalue weighted by Gasteiger charge is 2.36. The van der Waals surface area contributed by atoms with Gasteiger partial charge in [0.1, 0.15) is 0 Å². The summed E-state index contributed by atoms with van der Waals surface area (Å²) in [4.78, 5) is 31.2. The molecule has 3 aromatic rings. The standard InChI is InChI=1S/C20H23N5O2S/c1-13-5-6-16-17(8-13)28-20(23-16)25-12-15(9-18(25)26)19(27)21-7-3-4-14-10-22-24(2)11-14/h5-6,8,10-11,15H,3-4,7,9,12H2,1-2H3,(H,21,27). The molecule has 1 aromatic carbocycles. The molecule has 2 aromatic heterocycles. The molecule has 1 unspecified atom stereocenters. The topological polar surface area (TPSA) is 80.1 Å². The highest BCUT2D eigenvalue weighted by atomic mass is 32.1. The average molecular weight is 398 g/mol. The van der Waals surface area contributed by atoms with Crippen molar-refractivity contribution in [3.63, 3.8) is 0 Å². The Kier molecular flexibility index (Phi) is 5.13. The second-order valence-corrected chi connectivity index (χ2v) is 8.30. The molecule has 8 heteroatoms. The van der Waals surface area contributed by atoms with Crippen molar-refractivity contribution in [2.24, 2.45) is 13.0 Å². The highest BCUT2D eigenvalue weighted by molar-refractivity contribution is 7.22. The van der Waals surface area contributed by atoms with Crippen molar-refractivity contribution in [2.75, 3.05) is 18.0 Å². The number of thiazole rings is 1. The summed E-state index contributed by atoms with van der Waals surface area (Å²) in [5.74, 6) is -0.412. The van der Waals surface area contributed by atoms with Crippen LogP contribution >= 0.6 is 11.3 Å². The Hall–Kier alpha value is -2.74. The zero-order valence-corrected chi connectivity index (χ0v) is 16.8. The minimum atomic E-state index is -0.320. The fraction of sp³-hybridized carbons (Fsp3) is 0.400. The largest absolute Gasteiger partial charge is 0.356 e. The van der Waals surface area contributed by atoms with Crippen molar-refractivity contribution in [1.82, 2.24) is 20.1 Å². The lowest BCUT2D eigenvalue weighted by Gasteiger charge is -2.13. The molecule has 1 N–H and O–H groups in total. The molecular weight excluding hydrogens is 374 g/mol. The molecule has 1 saturated heterocycles. The number of benzene rings is 1. The molecule has 1 fully saturated rings. The monoisotopic (exact) mass is 397 g/mol. The third kappa shape index (κ3) is 3.91. The average Bonchev–Trinajstić information content (AvgIpc) is 3.36. The summed E-state index contributed by atoms with van der Waals surface area (Å²) < 4.78 is 2.84. The quantitative estimate of drug-likeness (QED) is 0.648. The summed E-state index contributed by atoms with van der Waals surface area (Å²) in [5.41, 5.74) is 3.21. The maximum Gasteiger partial charge on any atom is 0.229 e. The number of hydrogen-bond acceptors (Lipinski definition) is 5. The number of fused-ring (bicyclic) bond motifs is 1. The van der Waals surface area contributed by atoms with Crippen molar-refractivity contribution < 1.29 is 9.59 Å². The summed E-state index contributed by atoms with van der Waals surface area (Å²) in [6.45, 7) is 3.03. The Morgan fingerprint density at radius 2 is 2.25 bits per heavy atom. The molecule has 0 radical (unpaired) electrons. The molecule has 28 heavy (non-hydrogen) atoms. The number of anilines is 1. The van der Waals surface area contributed by atoms with Crippen molar-refractivity contribution in [2.45, 2.75) is 26.2 Å². The van der Waals surface area contributed by atoms with E-state index in [0.717, 1.165) is 28.6 Å². The first-order chi connectivity index (χ1) is 13.5. The normalized spacial score (nSPS) is 16.9. The first-order valence-electron chi connectivity index (χ1n) is 9.42. The maximum atomic E-state index is 12.5. The van der Waals surface area contributed by atoms with E-state index in [1.807, 2.05) is 38.5 Å². The number of aromatic nitrogens is 3. The predicted molar refractivity (Wildman–Crippen MR) is 109 cm³/mol. The van der Waals surface area contributed by atoms with Crippen LogP contribution in [0.25, 0.3) is 10.2 Å². The van der Waals surface area contributed by atoms with Gasteiger partial charge in [0.2, 0.25) is 11.8 Å². The lowest BCUT2D eigenvalue weighted by molar-refractivity contribution is -0.126. The minimum absolute atomic E-state index is 0.0358. The SMILES string of the molecule is Cc1ccc2nc(N3CC(C(=O)NCCCc4cnn(C)c4)CC3=O)sc2c1. The van der Waals surface area contributed by atoms with Crippen LogP contribution in [0, 0.1) is 12.8 Å². The first kappa shape index (κ1) is 18.6. The van der Waals surface area contributed by atoms with E-state index in [9.17, 15) is 9.59 Å². The second kappa shape index (κ2) is 7.71. The van der Waals surface area contributed by atoms with Crippen molar-refractivity contribution >= 4 is 38.5 Å². The fourth-order valence-electron chi connectivity index (χ4n) is 3.45. The molecule has 0 spiro atoms. The highest BCUT2D eigenvalue weighted by Crippen LogP contribution is 2.33. The molecule has 3 heterocycles. The fourth-order valence-corrected chi connectivity index (χ4v) is 4.54. The van der Waals surface area contributed by atoms with Crippen LogP contribution < -0.4 is 10.2 Å². The summed E-state index contributed by atoms with van der Waals surface area (Å²) in [6, 6.07) is 6.06. The predicted octanol–water partition coefficient (Wildman–Crippen LogP) is 2.44. The molecule has 2 amide bonds. The van der Waals surface area contributed by atoms with Gasteiger partial charge in [-0.3, -0.25) is 19.2 Å². The van der Waals surface area contributed by atoms with Crippen molar-refractivity contribution in [3.8, 4) is 0 Å². The van der Waals surface area contributed by atoms with Gasteiger partial charge in [0, 0.05) is 32.8 Å². The Morgan fingerprint density at radius 1 is 1.39 bits per heavy atom. The Balaban J connectivity index is 1.32.